The molecule has 3 nitrogen and oxygen atoms in total. The Kier molecular flexibility index (Phi) is 1.27. The SMILES string of the molecule is [3H]OC1C2CC1(COC)OC2C. The van der Waals surface area contributed by atoms with Crippen molar-refractivity contribution in [3.05, 3.63) is 0 Å². The minimum Gasteiger partial charge on any atom is -0.390 e. The molecule has 0 aromatic carbocycles. The average molecular weight is 160 g/mol. The fourth-order valence-electron chi connectivity index (χ4n) is 2.26. The molecule has 3 fully saturated rings. The second kappa shape index (κ2) is 2.19. The first-order valence-corrected chi connectivity index (χ1v) is 4.02. The predicted octanol–water partition coefficient (Wildman–Crippen LogP) is 0.171. The second-order valence-electron chi connectivity index (χ2n) is 3.61. The average Bonchev–Trinajstić information content (AvgIpc) is 2.42. The number of rotatable bonds is 3. The molecule has 2 heterocycles. The molecular formula is C8H14O3. The molecule has 2 aliphatic heterocycles. The number of aliphatic hydroxyl groups excluding tert-OH is 1. The first-order valence-electron chi connectivity index (χ1n) is 4.43. The van der Waals surface area contributed by atoms with Crippen LogP contribution in [0, 0.1) is 5.92 Å². The Morgan fingerprint density at radius 3 is 3.27 bits per heavy atom. The largest absolute Gasteiger partial charge is 0.390 e. The first-order chi connectivity index (χ1) is 5.73. The van der Waals surface area contributed by atoms with Gasteiger partial charge in [0.05, 0.1) is 18.8 Å². The second-order valence-corrected chi connectivity index (χ2v) is 3.61. The van der Waals surface area contributed by atoms with Crippen LogP contribution in [0.15, 0.2) is 0 Å². The predicted molar refractivity (Wildman–Crippen MR) is 39.3 cm³/mol. The van der Waals surface area contributed by atoms with Crippen molar-refractivity contribution >= 4 is 0 Å². The van der Waals surface area contributed by atoms with Gasteiger partial charge in [-0.05, 0) is 13.3 Å². The van der Waals surface area contributed by atoms with Crippen molar-refractivity contribution in [2.24, 2.45) is 5.92 Å². The minimum absolute atomic E-state index is 0.0764. The van der Waals surface area contributed by atoms with Crippen LogP contribution in [0.25, 0.3) is 0 Å². The summed E-state index contributed by atoms with van der Waals surface area (Å²) in [5.41, 5.74) is -0.305. The number of hydrogen-bond acceptors (Lipinski definition) is 3. The van der Waals surface area contributed by atoms with Crippen LogP contribution in [-0.4, -0.2) is 38.1 Å². The van der Waals surface area contributed by atoms with E-state index in [0.717, 1.165) is 6.42 Å². The van der Waals surface area contributed by atoms with Crippen molar-refractivity contribution in [1.29, 1.82) is 1.43 Å². The number of methoxy groups -OCH3 is 1. The quantitative estimate of drug-likeness (QED) is 0.639. The van der Waals surface area contributed by atoms with E-state index in [2.05, 4.69) is 5.11 Å². The van der Waals surface area contributed by atoms with E-state index in [9.17, 15) is 0 Å². The maximum atomic E-state index is 6.92. The monoisotopic (exact) mass is 160 g/mol. The molecule has 1 N–H and O–H groups in total. The molecule has 3 rings (SSSR count). The van der Waals surface area contributed by atoms with E-state index >= 15 is 0 Å². The summed E-state index contributed by atoms with van der Waals surface area (Å²) in [5.74, 6) is 0.401. The summed E-state index contributed by atoms with van der Waals surface area (Å²) < 4.78 is 17.7. The summed E-state index contributed by atoms with van der Waals surface area (Å²) >= 11 is 0. The van der Waals surface area contributed by atoms with Gasteiger partial charge in [0.1, 0.15) is 5.60 Å². The van der Waals surface area contributed by atoms with E-state index < -0.39 is 0 Å². The highest BCUT2D eigenvalue weighted by Gasteiger charge is 2.63. The summed E-state index contributed by atoms with van der Waals surface area (Å²) in [6.45, 7) is 2.57. The third-order valence-electron chi connectivity index (χ3n) is 2.90. The molecule has 2 bridgehead atoms. The number of fused-ring (bicyclic) bond motifs is 1. The molecule has 4 unspecified atom stereocenters. The summed E-state index contributed by atoms with van der Waals surface area (Å²) in [5, 5.41) is 4.64. The van der Waals surface area contributed by atoms with Gasteiger partial charge in [0.2, 0.25) is 1.43 Å². The van der Waals surface area contributed by atoms with Crippen molar-refractivity contribution < 1.29 is 14.6 Å². The van der Waals surface area contributed by atoms with Gasteiger partial charge in [-0.2, -0.15) is 0 Å². The fourth-order valence-corrected chi connectivity index (χ4v) is 2.26. The summed E-state index contributed by atoms with van der Waals surface area (Å²) in [7, 11) is 1.65. The Balaban J connectivity index is 2.08. The highest BCUT2D eigenvalue weighted by molar-refractivity contribution is 5.12. The third-order valence-corrected chi connectivity index (χ3v) is 2.90. The Labute approximate surface area is 67.8 Å². The van der Waals surface area contributed by atoms with Crippen LogP contribution >= 0.6 is 0 Å². The Bertz CT molecular complexity index is 183. The number of hydrogen-bond donors (Lipinski definition) is 1. The molecule has 1 aliphatic carbocycles. The Hall–Kier alpha value is -0.120. The van der Waals surface area contributed by atoms with Crippen LogP contribution < -0.4 is 0 Å². The molecule has 3 aliphatic rings. The van der Waals surface area contributed by atoms with Crippen LogP contribution in [0.1, 0.15) is 13.3 Å². The van der Waals surface area contributed by atoms with Crippen LogP contribution in [0.4, 0.5) is 0 Å². The molecule has 1 saturated carbocycles. The molecule has 0 spiro atoms. The molecule has 11 heavy (non-hydrogen) atoms. The molecule has 2 saturated heterocycles. The standard InChI is InChI=1S/C8H14O3/c1-5-6-3-8(11-5,4-10-2)7(6)9/h5-7,9H,3-4H2,1-2H3/i9T. The molecule has 0 aromatic heterocycles. The zero-order valence-electron chi connectivity index (χ0n) is 7.87. The Morgan fingerprint density at radius 2 is 2.73 bits per heavy atom. The lowest BCUT2D eigenvalue weighted by atomic mass is 9.70. The maximum absolute atomic E-state index is 6.92. The van der Waals surface area contributed by atoms with Gasteiger partial charge in [-0.15, -0.1) is 0 Å². The summed E-state index contributed by atoms with van der Waals surface area (Å²) in [6, 6.07) is 0. The van der Waals surface area contributed by atoms with E-state index in [0.29, 0.717) is 12.5 Å². The highest BCUT2D eigenvalue weighted by atomic mass is 16.6. The third kappa shape index (κ3) is 0.789. The lowest BCUT2D eigenvalue weighted by molar-refractivity contribution is -0.143. The molecule has 0 aromatic rings. The van der Waals surface area contributed by atoms with Crippen molar-refractivity contribution in [3.8, 4) is 0 Å². The van der Waals surface area contributed by atoms with E-state index in [1.54, 1.807) is 7.11 Å². The number of aliphatic hydroxyl groups is 1. The summed E-state index contributed by atoms with van der Waals surface area (Å²) in [4.78, 5) is 0. The van der Waals surface area contributed by atoms with Gasteiger partial charge < -0.3 is 14.6 Å². The Morgan fingerprint density at radius 1 is 1.91 bits per heavy atom. The van der Waals surface area contributed by atoms with Gasteiger partial charge in [-0.1, -0.05) is 0 Å². The maximum Gasteiger partial charge on any atom is 0.211 e. The van der Waals surface area contributed by atoms with E-state index in [-0.39, 0.29) is 17.8 Å². The van der Waals surface area contributed by atoms with E-state index in [1.165, 1.54) is 0 Å². The molecule has 3 heteroatoms. The first kappa shape index (κ1) is 6.40. The van der Waals surface area contributed by atoms with Crippen LogP contribution in [-0.2, 0) is 9.47 Å². The van der Waals surface area contributed by atoms with Gasteiger partial charge in [0, 0.05) is 13.0 Å². The summed E-state index contributed by atoms with van der Waals surface area (Å²) in [6.07, 6.45) is 1.12. The topological polar surface area (TPSA) is 38.7 Å². The van der Waals surface area contributed by atoms with E-state index in [4.69, 9.17) is 10.9 Å². The number of ether oxygens (including phenoxy) is 2. The van der Waals surface area contributed by atoms with Gasteiger partial charge in [0.25, 0.3) is 0 Å². The van der Waals surface area contributed by atoms with Crippen LogP contribution in [0.3, 0.4) is 0 Å². The molecule has 0 radical (unpaired) electrons. The molecule has 0 amide bonds. The van der Waals surface area contributed by atoms with Crippen molar-refractivity contribution in [2.75, 3.05) is 13.7 Å². The molecule has 4 atom stereocenters. The fraction of sp³-hybridized carbons (Fsp3) is 1.00. The van der Waals surface area contributed by atoms with E-state index in [1.807, 2.05) is 6.92 Å². The normalized spacial score (nSPS) is 55.5. The minimum atomic E-state index is -0.305. The lowest BCUT2D eigenvalue weighted by Gasteiger charge is -2.40. The van der Waals surface area contributed by atoms with Crippen molar-refractivity contribution in [1.82, 2.24) is 0 Å². The van der Waals surface area contributed by atoms with Gasteiger partial charge in [0.15, 0.2) is 0 Å². The van der Waals surface area contributed by atoms with Gasteiger partial charge in [-0.25, -0.2) is 0 Å². The smallest absolute Gasteiger partial charge is 0.211 e. The molecular weight excluding hydrogens is 144 g/mol. The van der Waals surface area contributed by atoms with Gasteiger partial charge in [-0.3, -0.25) is 0 Å². The van der Waals surface area contributed by atoms with Crippen molar-refractivity contribution in [2.45, 2.75) is 31.2 Å². The molecule has 64 valence electrons. The highest BCUT2D eigenvalue weighted by Crippen LogP contribution is 2.52. The zero-order valence-corrected chi connectivity index (χ0v) is 6.87. The van der Waals surface area contributed by atoms with Gasteiger partial charge >= 0.3 is 0 Å². The lowest BCUT2D eigenvalue weighted by Crippen LogP contribution is -2.55. The zero-order chi connectivity index (χ0) is 8.77. The van der Waals surface area contributed by atoms with Crippen molar-refractivity contribution in [3.63, 3.8) is 0 Å². The van der Waals surface area contributed by atoms with Crippen LogP contribution in [0.2, 0.25) is 0 Å². The van der Waals surface area contributed by atoms with Crippen LogP contribution in [0.5, 0.6) is 0 Å².